The molecule has 2 N–H and O–H groups in total. The van der Waals surface area contributed by atoms with E-state index in [2.05, 4.69) is 10.1 Å². The number of piperidine rings is 1. The fourth-order valence-corrected chi connectivity index (χ4v) is 2.18. The number of nitrogens with zero attached hydrogens (tertiary/aromatic N) is 4. The topological polar surface area (TPSA) is 77.0 Å². The van der Waals surface area contributed by atoms with E-state index in [1.165, 1.54) is 6.33 Å². The molecule has 0 saturated carbocycles. The lowest BCUT2D eigenvalue weighted by atomic mass is 9.97. The van der Waals surface area contributed by atoms with Gasteiger partial charge in [-0.1, -0.05) is 0 Å². The highest BCUT2D eigenvalue weighted by atomic mass is 16.2. The van der Waals surface area contributed by atoms with Crippen LogP contribution in [0.4, 0.5) is 0 Å². The first-order valence-corrected chi connectivity index (χ1v) is 6.05. The average Bonchev–Trinajstić information content (AvgIpc) is 2.91. The first-order valence-electron chi connectivity index (χ1n) is 6.05. The first-order chi connectivity index (χ1) is 8.22. The van der Waals surface area contributed by atoms with E-state index in [0.29, 0.717) is 5.92 Å². The third kappa shape index (κ3) is 2.63. The molecule has 1 aliphatic heterocycles. The Morgan fingerprint density at radius 3 is 2.76 bits per heavy atom. The SMILES string of the molecule is CC(C(=O)N1CCC(CN)CC1)n1cncn1. The van der Waals surface area contributed by atoms with Crippen molar-refractivity contribution in [2.45, 2.75) is 25.8 Å². The average molecular weight is 237 g/mol. The van der Waals surface area contributed by atoms with Crippen LogP contribution in [0.2, 0.25) is 0 Å². The number of aromatic nitrogens is 3. The maximum absolute atomic E-state index is 12.2. The minimum atomic E-state index is -0.271. The molecule has 1 unspecified atom stereocenters. The Balaban J connectivity index is 1.93. The van der Waals surface area contributed by atoms with Crippen molar-refractivity contribution in [2.24, 2.45) is 11.7 Å². The molecule has 0 radical (unpaired) electrons. The van der Waals surface area contributed by atoms with Crippen LogP contribution in [-0.4, -0.2) is 45.2 Å². The van der Waals surface area contributed by atoms with Gasteiger partial charge in [0.1, 0.15) is 18.7 Å². The van der Waals surface area contributed by atoms with Crippen molar-refractivity contribution in [3.05, 3.63) is 12.7 Å². The van der Waals surface area contributed by atoms with Gasteiger partial charge in [0.05, 0.1) is 0 Å². The van der Waals surface area contributed by atoms with Crippen LogP contribution < -0.4 is 5.73 Å². The Kier molecular flexibility index (Phi) is 3.73. The molecule has 2 rings (SSSR count). The molecule has 1 aliphatic rings. The number of carbonyl (C=O) groups excluding carboxylic acids is 1. The summed E-state index contributed by atoms with van der Waals surface area (Å²) in [6.45, 7) is 4.19. The van der Waals surface area contributed by atoms with E-state index in [-0.39, 0.29) is 11.9 Å². The van der Waals surface area contributed by atoms with Crippen LogP contribution in [0.1, 0.15) is 25.8 Å². The normalized spacial score (nSPS) is 19.3. The minimum Gasteiger partial charge on any atom is -0.341 e. The van der Waals surface area contributed by atoms with Crippen molar-refractivity contribution in [2.75, 3.05) is 19.6 Å². The molecule has 0 bridgehead atoms. The predicted molar refractivity (Wildman–Crippen MR) is 63.1 cm³/mol. The summed E-state index contributed by atoms with van der Waals surface area (Å²) in [7, 11) is 0. The van der Waals surface area contributed by atoms with Crippen molar-refractivity contribution in [3.63, 3.8) is 0 Å². The van der Waals surface area contributed by atoms with Gasteiger partial charge >= 0.3 is 0 Å². The highest BCUT2D eigenvalue weighted by molar-refractivity contribution is 5.80. The number of nitrogens with two attached hydrogens (primary N) is 1. The molecule has 1 fully saturated rings. The van der Waals surface area contributed by atoms with E-state index < -0.39 is 0 Å². The van der Waals surface area contributed by atoms with Gasteiger partial charge in [-0.15, -0.1) is 0 Å². The van der Waals surface area contributed by atoms with Gasteiger partial charge in [0.2, 0.25) is 5.91 Å². The molecule has 1 saturated heterocycles. The first kappa shape index (κ1) is 12.0. The number of rotatable bonds is 3. The highest BCUT2D eigenvalue weighted by Gasteiger charge is 2.26. The van der Waals surface area contributed by atoms with E-state index in [9.17, 15) is 4.79 Å². The molecule has 1 aromatic rings. The van der Waals surface area contributed by atoms with Gasteiger partial charge < -0.3 is 10.6 Å². The van der Waals surface area contributed by atoms with Crippen LogP contribution in [0.5, 0.6) is 0 Å². The van der Waals surface area contributed by atoms with Gasteiger partial charge in [-0.2, -0.15) is 5.10 Å². The molecule has 1 amide bonds. The lowest BCUT2D eigenvalue weighted by Gasteiger charge is -2.33. The van der Waals surface area contributed by atoms with Crippen LogP contribution in [-0.2, 0) is 4.79 Å². The zero-order chi connectivity index (χ0) is 12.3. The number of likely N-dealkylation sites (tertiary alicyclic amines) is 1. The summed E-state index contributed by atoms with van der Waals surface area (Å²) in [4.78, 5) is 18.0. The Morgan fingerprint density at radius 2 is 2.24 bits per heavy atom. The number of hydrogen-bond acceptors (Lipinski definition) is 4. The molecular weight excluding hydrogens is 218 g/mol. The predicted octanol–water partition coefficient (Wildman–Crippen LogP) is 0.0364. The fourth-order valence-electron chi connectivity index (χ4n) is 2.18. The van der Waals surface area contributed by atoms with Gasteiger partial charge in [-0.25, -0.2) is 9.67 Å². The van der Waals surface area contributed by atoms with Crippen molar-refractivity contribution in [1.29, 1.82) is 0 Å². The van der Waals surface area contributed by atoms with Crippen LogP contribution in [0, 0.1) is 5.92 Å². The zero-order valence-corrected chi connectivity index (χ0v) is 10.1. The number of amides is 1. The Bertz CT molecular complexity index is 356. The Hall–Kier alpha value is -1.43. The third-order valence-corrected chi connectivity index (χ3v) is 3.45. The summed E-state index contributed by atoms with van der Waals surface area (Å²) in [6.07, 6.45) is 5.04. The molecule has 0 aliphatic carbocycles. The van der Waals surface area contributed by atoms with E-state index in [0.717, 1.165) is 32.5 Å². The molecule has 2 heterocycles. The second kappa shape index (κ2) is 5.27. The monoisotopic (exact) mass is 237 g/mol. The Labute approximate surface area is 101 Å². The van der Waals surface area contributed by atoms with E-state index in [1.54, 1.807) is 11.0 Å². The largest absolute Gasteiger partial charge is 0.341 e. The summed E-state index contributed by atoms with van der Waals surface area (Å²) in [5.74, 6) is 0.687. The van der Waals surface area contributed by atoms with Crippen molar-refractivity contribution in [3.8, 4) is 0 Å². The lowest BCUT2D eigenvalue weighted by molar-refractivity contribution is -0.135. The van der Waals surface area contributed by atoms with Gasteiger partial charge in [0.15, 0.2) is 0 Å². The zero-order valence-electron chi connectivity index (χ0n) is 10.1. The third-order valence-electron chi connectivity index (χ3n) is 3.45. The molecule has 6 nitrogen and oxygen atoms in total. The summed E-state index contributed by atoms with van der Waals surface area (Å²) < 4.78 is 1.59. The number of hydrogen-bond donors (Lipinski definition) is 1. The maximum atomic E-state index is 12.2. The van der Waals surface area contributed by atoms with E-state index in [4.69, 9.17) is 5.73 Å². The fraction of sp³-hybridized carbons (Fsp3) is 0.727. The highest BCUT2D eigenvalue weighted by Crippen LogP contribution is 2.18. The molecule has 94 valence electrons. The van der Waals surface area contributed by atoms with Gasteiger partial charge in [-0.3, -0.25) is 4.79 Å². The van der Waals surface area contributed by atoms with E-state index in [1.807, 2.05) is 11.8 Å². The maximum Gasteiger partial charge on any atom is 0.247 e. The quantitative estimate of drug-likeness (QED) is 0.805. The standard InChI is InChI=1S/C11H19N5O/c1-9(16-8-13-7-14-16)11(17)15-4-2-10(6-12)3-5-15/h7-10H,2-6,12H2,1H3. The smallest absolute Gasteiger partial charge is 0.247 e. The second-order valence-corrected chi connectivity index (χ2v) is 4.56. The summed E-state index contributed by atoms with van der Waals surface area (Å²) in [5.41, 5.74) is 5.64. The molecule has 1 aromatic heterocycles. The second-order valence-electron chi connectivity index (χ2n) is 4.56. The van der Waals surface area contributed by atoms with Crippen LogP contribution in [0.25, 0.3) is 0 Å². The van der Waals surface area contributed by atoms with E-state index >= 15 is 0 Å². The summed E-state index contributed by atoms with van der Waals surface area (Å²) in [6, 6.07) is -0.271. The van der Waals surface area contributed by atoms with Crippen LogP contribution in [0.15, 0.2) is 12.7 Å². The van der Waals surface area contributed by atoms with Crippen molar-refractivity contribution < 1.29 is 4.79 Å². The molecule has 17 heavy (non-hydrogen) atoms. The molecular formula is C11H19N5O. The number of carbonyl (C=O) groups is 1. The van der Waals surface area contributed by atoms with Crippen LogP contribution >= 0.6 is 0 Å². The van der Waals surface area contributed by atoms with Crippen molar-refractivity contribution in [1.82, 2.24) is 19.7 Å². The lowest BCUT2D eigenvalue weighted by Crippen LogP contribution is -2.43. The minimum absolute atomic E-state index is 0.117. The molecule has 0 aromatic carbocycles. The summed E-state index contributed by atoms with van der Waals surface area (Å²) in [5, 5.41) is 4.00. The van der Waals surface area contributed by atoms with Gasteiger partial charge in [-0.05, 0) is 32.2 Å². The van der Waals surface area contributed by atoms with Gasteiger partial charge in [0.25, 0.3) is 0 Å². The van der Waals surface area contributed by atoms with Crippen molar-refractivity contribution >= 4 is 5.91 Å². The molecule has 6 heteroatoms. The molecule has 0 spiro atoms. The Morgan fingerprint density at radius 1 is 1.53 bits per heavy atom. The summed E-state index contributed by atoms with van der Waals surface area (Å²) >= 11 is 0. The van der Waals surface area contributed by atoms with Crippen LogP contribution in [0.3, 0.4) is 0 Å². The molecule has 1 atom stereocenters. The van der Waals surface area contributed by atoms with Gasteiger partial charge in [0, 0.05) is 13.1 Å².